The fraction of sp³-hybridized carbons (Fsp3) is 0.222. The Bertz CT molecular complexity index is 469. The summed E-state index contributed by atoms with van der Waals surface area (Å²) >= 11 is 0. The molecule has 0 fully saturated rings. The summed E-state index contributed by atoms with van der Waals surface area (Å²) < 4.78 is 27.9. The third-order valence-corrected chi connectivity index (χ3v) is 1.91. The molecule has 0 aliphatic rings. The van der Waals surface area contributed by atoms with Crippen LogP contribution < -0.4 is 4.74 Å². The van der Waals surface area contributed by atoms with Crippen LogP contribution in [0.5, 0.6) is 5.75 Å². The van der Waals surface area contributed by atoms with Crippen molar-refractivity contribution in [2.75, 3.05) is 0 Å². The van der Waals surface area contributed by atoms with Crippen molar-refractivity contribution in [3.05, 3.63) is 33.4 Å². The number of ether oxygens (including phenoxy) is 1. The monoisotopic (exact) mass is 228 g/mol. The molecule has 1 aromatic rings. The van der Waals surface area contributed by atoms with Crippen molar-refractivity contribution < 1.29 is 18.4 Å². The minimum absolute atomic E-state index is 0.00523. The van der Waals surface area contributed by atoms with Crippen LogP contribution in [0.2, 0.25) is 0 Å². The highest BCUT2D eigenvalue weighted by Crippen LogP contribution is 2.33. The quantitative estimate of drug-likeness (QED) is 0.587. The molecule has 1 rings (SSSR count). The molecule has 1 aromatic carbocycles. The molecular weight excluding hydrogens is 222 g/mol. The van der Waals surface area contributed by atoms with Gasteiger partial charge in [0.15, 0.2) is 0 Å². The van der Waals surface area contributed by atoms with Crippen molar-refractivity contribution >= 4 is 5.69 Å². The van der Waals surface area contributed by atoms with Crippen LogP contribution in [0.3, 0.4) is 0 Å². The van der Waals surface area contributed by atoms with Gasteiger partial charge in [0.25, 0.3) is 0 Å². The highest BCUT2D eigenvalue weighted by Gasteiger charge is 2.23. The third kappa shape index (κ3) is 2.23. The Morgan fingerprint density at radius 2 is 2.19 bits per heavy atom. The lowest BCUT2D eigenvalue weighted by atomic mass is 10.1. The Morgan fingerprint density at radius 3 is 2.62 bits per heavy atom. The molecule has 84 valence electrons. The molecule has 0 saturated heterocycles. The van der Waals surface area contributed by atoms with Crippen LogP contribution in [0, 0.1) is 28.4 Å². The zero-order valence-corrected chi connectivity index (χ0v) is 8.11. The number of halogens is 2. The van der Waals surface area contributed by atoms with Gasteiger partial charge in [-0.3, -0.25) is 10.1 Å². The number of nitrogens with zero attached hydrogens (tertiary/aromatic N) is 2. The van der Waals surface area contributed by atoms with Crippen LogP contribution in [0.25, 0.3) is 0 Å². The zero-order chi connectivity index (χ0) is 12.3. The first-order valence-corrected chi connectivity index (χ1v) is 4.10. The van der Waals surface area contributed by atoms with Crippen molar-refractivity contribution in [1.29, 1.82) is 5.26 Å². The van der Waals surface area contributed by atoms with Gasteiger partial charge in [-0.2, -0.15) is 14.0 Å². The maximum absolute atomic E-state index is 12.0. The van der Waals surface area contributed by atoms with Gasteiger partial charge in [0.2, 0.25) is 5.75 Å². The van der Waals surface area contributed by atoms with Crippen LogP contribution in [-0.4, -0.2) is 11.5 Å². The van der Waals surface area contributed by atoms with E-state index in [1.54, 1.807) is 6.07 Å². The normalized spacial score (nSPS) is 9.94. The summed E-state index contributed by atoms with van der Waals surface area (Å²) in [6.07, 6.45) is 0. The van der Waals surface area contributed by atoms with Gasteiger partial charge in [0.05, 0.1) is 16.6 Å². The maximum atomic E-state index is 12.0. The van der Waals surface area contributed by atoms with Gasteiger partial charge in [-0.05, 0) is 19.1 Å². The van der Waals surface area contributed by atoms with Crippen LogP contribution in [-0.2, 0) is 0 Å². The average molecular weight is 228 g/mol. The van der Waals surface area contributed by atoms with Crippen molar-refractivity contribution in [2.24, 2.45) is 0 Å². The lowest BCUT2D eigenvalue weighted by molar-refractivity contribution is -0.387. The number of nitro groups is 1. The van der Waals surface area contributed by atoms with Crippen molar-refractivity contribution in [3.63, 3.8) is 0 Å². The second-order valence-corrected chi connectivity index (χ2v) is 2.83. The molecule has 0 spiro atoms. The molecule has 0 unspecified atom stereocenters. The van der Waals surface area contributed by atoms with E-state index in [9.17, 15) is 18.9 Å². The summed E-state index contributed by atoms with van der Waals surface area (Å²) in [4.78, 5) is 9.81. The van der Waals surface area contributed by atoms with E-state index in [0.29, 0.717) is 0 Å². The van der Waals surface area contributed by atoms with Crippen LogP contribution >= 0.6 is 0 Å². The second-order valence-electron chi connectivity index (χ2n) is 2.83. The molecule has 0 aromatic heterocycles. The molecule has 0 radical (unpaired) electrons. The smallest absolute Gasteiger partial charge is 0.387 e. The number of rotatable bonds is 3. The van der Waals surface area contributed by atoms with E-state index in [1.165, 1.54) is 13.0 Å². The van der Waals surface area contributed by atoms with Gasteiger partial charge < -0.3 is 4.74 Å². The number of benzene rings is 1. The lowest BCUT2D eigenvalue weighted by Crippen LogP contribution is -2.06. The molecule has 0 bridgehead atoms. The molecule has 0 aliphatic heterocycles. The molecule has 16 heavy (non-hydrogen) atoms. The Hall–Kier alpha value is -2.23. The number of hydrogen-bond acceptors (Lipinski definition) is 4. The van der Waals surface area contributed by atoms with E-state index in [0.717, 1.165) is 6.07 Å². The fourth-order valence-corrected chi connectivity index (χ4v) is 1.21. The van der Waals surface area contributed by atoms with Crippen LogP contribution in [0.1, 0.15) is 11.1 Å². The SMILES string of the molecule is Cc1c(C#N)ccc(OC(F)F)c1[N+](=O)[O-]. The number of nitro benzene ring substituents is 1. The predicted molar refractivity (Wildman–Crippen MR) is 49.2 cm³/mol. The van der Waals surface area contributed by atoms with Gasteiger partial charge in [-0.1, -0.05) is 0 Å². The van der Waals surface area contributed by atoms with E-state index in [4.69, 9.17) is 5.26 Å². The van der Waals surface area contributed by atoms with Crippen molar-refractivity contribution in [3.8, 4) is 11.8 Å². The van der Waals surface area contributed by atoms with Gasteiger partial charge in [-0.25, -0.2) is 0 Å². The van der Waals surface area contributed by atoms with Crippen molar-refractivity contribution in [1.82, 2.24) is 0 Å². The molecule has 7 heteroatoms. The Kier molecular flexibility index (Phi) is 3.35. The topological polar surface area (TPSA) is 76.2 Å². The van der Waals surface area contributed by atoms with Gasteiger partial charge >= 0.3 is 12.3 Å². The van der Waals surface area contributed by atoms with Crippen LogP contribution in [0.15, 0.2) is 12.1 Å². The largest absolute Gasteiger partial charge is 0.427 e. The maximum Gasteiger partial charge on any atom is 0.387 e. The predicted octanol–water partition coefficient (Wildman–Crippen LogP) is 2.38. The first-order valence-electron chi connectivity index (χ1n) is 4.10. The Morgan fingerprint density at radius 1 is 1.56 bits per heavy atom. The van der Waals surface area contributed by atoms with Gasteiger partial charge in [0.1, 0.15) is 0 Å². The van der Waals surface area contributed by atoms with E-state index in [1.807, 2.05) is 0 Å². The molecule has 5 nitrogen and oxygen atoms in total. The summed E-state index contributed by atoms with van der Waals surface area (Å²) in [6.45, 7) is -1.85. The highest BCUT2D eigenvalue weighted by atomic mass is 19.3. The van der Waals surface area contributed by atoms with Crippen LogP contribution in [0.4, 0.5) is 14.5 Å². The first kappa shape index (κ1) is 11.8. The summed E-state index contributed by atoms with van der Waals surface area (Å²) in [5.41, 5.74) is -0.557. The Labute approximate surface area is 89.0 Å². The first-order chi connectivity index (χ1) is 7.47. The zero-order valence-electron chi connectivity index (χ0n) is 8.11. The van der Waals surface area contributed by atoms with E-state index >= 15 is 0 Å². The molecule has 0 aliphatic carbocycles. The lowest BCUT2D eigenvalue weighted by Gasteiger charge is -2.07. The van der Waals surface area contributed by atoms with Gasteiger partial charge in [-0.15, -0.1) is 0 Å². The number of hydrogen-bond donors (Lipinski definition) is 0. The summed E-state index contributed by atoms with van der Waals surface area (Å²) in [5.74, 6) is -0.545. The average Bonchev–Trinajstić information content (AvgIpc) is 2.16. The molecule has 0 saturated carbocycles. The third-order valence-electron chi connectivity index (χ3n) is 1.91. The minimum Gasteiger partial charge on any atom is -0.427 e. The van der Waals surface area contributed by atoms with E-state index < -0.39 is 23.0 Å². The summed E-state index contributed by atoms with van der Waals surface area (Å²) in [6, 6.07) is 3.90. The summed E-state index contributed by atoms with van der Waals surface area (Å²) in [5, 5.41) is 19.3. The number of nitriles is 1. The van der Waals surface area contributed by atoms with Gasteiger partial charge in [0, 0.05) is 5.56 Å². The van der Waals surface area contributed by atoms with Crippen molar-refractivity contribution in [2.45, 2.75) is 13.5 Å². The molecule has 0 atom stereocenters. The Balaban J connectivity index is 3.36. The van der Waals surface area contributed by atoms with E-state index in [-0.39, 0.29) is 11.1 Å². The number of alkyl halides is 2. The minimum atomic E-state index is -3.15. The second kappa shape index (κ2) is 4.53. The molecule has 0 heterocycles. The molecule has 0 N–H and O–H groups in total. The molecule has 0 amide bonds. The fourth-order valence-electron chi connectivity index (χ4n) is 1.21. The standard InChI is InChI=1S/C9H6F2N2O3/c1-5-6(4-12)2-3-7(16-9(10)11)8(5)13(14)15/h2-3,9H,1H3. The highest BCUT2D eigenvalue weighted by molar-refractivity contribution is 5.58. The summed E-state index contributed by atoms with van der Waals surface area (Å²) in [7, 11) is 0. The van der Waals surface area contributed by atoms with E-state index in [2.05, 4.69) is 4.74 Å². The molecular formula is C9H6F2N2O3.